The van der Waals surface area contributed by atoms with Crippen LogP contribution in [0, 0.1) is 6.92 Å². The minimum Gasteiger partial charge on any atom is -0.477 e. The molecule has 1 fully saturated rings. The van der Waals surface area contributed by atoms with Gasteiger partial charge in [-0.3, -0.25) is 0 Å². The van der Waals surface area contributed by atoms with Crippen LogP contribution in [0.5, 0.6) is 0 Å². The van der Waals surface area contributed by atoms with Crippen molar-refractivity contribution in [1.29, 1.82) is 0 Å². The number of nitrogens with zero attached hydrogens (tertiary/aromatic N) is 1. The van der Waals surface area contributed by atoms with Crippen LogP contribution in [0.25, 0.3) is 0 Å². The highest BCUT2D eigenvalue weighted by atomic mass is 32.1. The summed E-state index contributed by atoms with van der Waals surface area (Å²) in [5.41, 5.74) is 1.11. The second-order valence-electron chi connectivity index (χ2n) is 5.91. The second kappa shape index (κ2) is 7.92. The van der Waals surface area contributed by atoms with Gasteiger partial charge >= 0.3 is 5.97 Å². The number of likely N-dealkylation sites (tertiary alicyclic amines) is 1. The van der Waals surface area contributed by atoms with Crippen molar-refractivity contribution in [1.82, 2.24) is 10.2 Å². The molecule has 4 nitrogen and oxygen atoms in total. The number of aromatic carboxylic acids is 1. The highest BCUT2D eigenvalue weighted by Crippen LogP contribution is 2.21. The van der Waals surface area contributed by atoms with Gasteiger partial charge in [-0.15, -0.1) is 11.3 Å². The summed E-state index contributed by atoms with van der Waals surface area (Å²) in [6, 6.07) is 2.53. The molecule has 21 heavy (non-hydrogen) atoms. The van der Waals surface area contributed by atoms with E-state index in [9.17, 15) is 4.79 Å². The van der Waals surface area contributed by atoms with Crippen molar-refractivity contribution >= 4 is 17.3 Å². The van der Waals surface area contributed by atoms with Crippen LogP contribution in [0.3, 0.4) is 0 Å². The number of thiophene rings is 1. The molecule has 0 saturated carbocycles. The Labute approximate surface area is 131 Å². The molecule has 1 unspecified atom stereocenters. The Bertz CT molecular complexity index is 473. The highest BCUT2D eigenvalue weighted by Gasteiger charge is 2.17. The number of piperidine rings is 1. The van der Waals surface area contributed by atoms with Crippen LogP contribution in [-0.4, -0.2) is 41.7 Å². The average Bonchev–Trinajstić information content (AvgIpc) is 2.82. The monoisotopic (exact) mass is 310 g/mol. The van der Waals surface area contributed by atoms with E-state index >= 15 is 0 Å². The predicted octanol–water partition coefficient (Wildman–Crippen LogP) is 3.11. The Balaban J connectivity index is 1.66. The molecular formula is C16H26N2O2S. The lowest BCUT2D eigenvalue weighted by atomic mass is 10.0. The van der Waals surface area contributed by atoms with Gasteiger partial charge in [0.15, 0.2) is 0 Å². The lowest BCUT2D eigenvalue weighted by molar-refractivity contribution is 0.0702. The predicted molar refractivity (Wildman–Crippen MR) is 87.2 cm³/mol. The summed E-state index contributed by atoms with van der Waals surface area (Å²) in [6.45, 7) is 8.48. The standard InChI is InChI=1S/C16H26N2O2S/c1-12-6-3-4-8-18(12)9-5-7-17-11-14-10-15(16(19)20)21-13(14)2/h10,12,17H,3-9,11H2,1-2H3,(H,19,20). The largest absolute Gasteiger partial charge is 0.477 e. The number of carboxylic acids is 1. The maximum atomic E-state index is 10.9. The summed E-state index contributed by atoms with van der Waals surface area (Å²) in [5.74, 6) is -0.826. The van der Waals surface area contributed by atoms with Gasteiger partial charge in [0.25, 0.3) is 0 Å². The van der Waals surface area contributed by atoms with Gasteiger partial charge in [0, 0.05) is 17.5 Å². The summed E-state index contributed by atoms with van der Waals surface area (Å²) in [4.78, 5) is 15.1. The first kappa shape index (κ1) is 16.5. The number of hydrogen-bond acceptors (Lipinski definition) is 4. The number of aryl methyl sites for hydroxylation is 1. The summed E-state index contributed by atoms with van der Waals surface area (Å²) in [7, 11) is 0. The lowest BCUT2D eigenvalue weighted by Crippen LogP contribution is -2.38. The van der Waals surface area contributed by atoms with E-state index in [4.69, 9.17) is 5.11 Å². The average molecular weight is 310 g/mol. The van der Waals surface area contributed by atoms with Gasteiger partial charge in [-0.25, -0.2) is 4.79 Å². The first-order valence-electron chi connectivity index (χ1n) is 7.85. The van der Waals surface area contributed by atoms with E-state index < -0.39 is 5.97 Å². The normalized spacial score (nSPS) is 19.8. The number of hydrogen-bond donors (Lipinski definition) is 2. The summed E-state index contributed by atoms with van der Waals surface area (Å²) < 4.78 is 0. The van der Waals surface area contributed by atoms with Gasteiger partial charge in [0.05, 0.1) is 0 Å². The Morgan fingerprint density at radius 2 is 2.33 bits per heavy atom. The summed E-state index contributed by atoms with van der Waals surface area (Å²) >= 11 is 1.36. The fraction of sp³-hybridized carbons (Fsp3) is 0.688. The third kappa shape index (κ3) is 4.80. The van der Waals surface area contributed by atoms with Gasteiger partial charge in [0.1, 0.15) is 4.88 Å². The van der Waals surface area contributed by atoms with E-state index in [0.717, 1.165) is 42.5 Å². The molecule has 1 saturated heterocycles. The molecule has 0 aliphatic carbocycles. The zero-order chi connectivity index (χ0) is 15.2. The Morgan fingerprint density at radius 3 is 3.00 bits per heavy atom. The number of carboxylic acid groups (broad SMARTS) is 1. The molecule has 1 aliphatic heterocycles. The van der Waals surface area contributed by atoms with Crippen molar-refractivity contribution in [2.24, 2.45) is 0 Å². The van der Waals surface area contributed by atoms with E-state index in [1.54, 1.807) is 6.07 Å². The first-order valence-corrected chi connectivity index (χ1v) is 8.67. The molecule has 0 aromatic carbocycles. The number of rotatable bonds is 7. The van der Waals surface area contributed by atoms with E-state index in [1.165, 1.54) is 37.1 Å². The first-order chi connectivity index (χ1) is 10.1. The van der Waals surface area contributed by atoms with Gasteiger partial charge < -0.3 is 15.3 Å². The molecule has 0 amide bonds. The minimum absolute atomic E-state index is 0.437. The van der Waals surface area contributed by atoms with Crippen molar-refractivity contribution in [2.75, 3.05) is 19.6 Å². The molecular weight excluding hydrogens is 284 g/mol. The maximum Gasteiger partial charge on any atom is 0.345 e. The second-order valence-corrected chi connectivity index (χ2v) is 7.16. The van der Waals surface area contributed by atoms with E-state index in [1.807, 2.05) is 6.92 Å². The van der Waals surface area contributed by atoms with Gasteiger partial charge in [0.2, 0.25) is 0 Å². The number of nitrogens with one attached hydrogen (secondary N) is 1. The van der Waals surface area contributed by atoms with Gasteiger partial charge in [-0.1, -0.05) is 6.42 Å². The molecule has 0 radical (unpaired) electrons. The zero-order valence-corrected chi connectivity index (χ0v) is 13.8. The molecule has 118 valence electrons. The Hall–Kier alpha value is -0.910. The maximum absolute atomic E-state index is 10.9. The van der Waals surface area contributed by atoms with Gasteiger partial charge in [-0.2, -0.15) is 0 Å². The third-order valence-electron chi connectivity index (χ3n) is 4.29. The fourth-order valence-corrected chi connectivity index (χ4v) is 3.80. The fourth-order valence-electron chi connectivity index (χ4n) is 2.92. The van der Waals surface area contributed by atoms with Crippen molar-refractivity contribution < 1.29 is 9.90 Å². The molecule has 1 atom stereocenters. The van der Waals surface area contributed by atoms with Crippen LogP contribution in [0.4, 0.5) is 0 Å². The molecule has 2 rings (SSSR count). The topological polar surface area (TPSA) is 52.6 Å². The van der Waals surface area contributed by atoms with Crippen molar-refractivity contribution in [3.63, 3.8) is 0 Å². The van der Waals surface area contributed by atoms with E-state index in [0.29, 0.717) is 4.88 Å². The third-order valence-corrected chi connectivity index (χ3v) is 5.37. The quantitative estimate of drug-likeness (QED) is 0.760. The lowest BCUT2D eigenvalue weighted by Gasteiger charge is -2.33. The molecule has 0 bridgehead atoms. The van der Waals surface area contributed by atoms with Crippen LogP contribution in [-0.2, 0) is 6.54 Å². The molecule has 1 aliphatic rings. The van der Waals surface area contributed by atoms with Gasteiger partial charge in [-0.05, 0) is 64.4 Å². The molecule has 2 N–H and O–H groups in total. The van der Waals surface area contributed by atoms with Crippen LogP contribution in [0.1, 0.15) is 52.7 Å². The minimum atomic E-state index is -0.826. The molecule has 0 spiro atoms. The molecule has 1 aromatic rings. The van der Waals surface area contributed by atoms with Crippen molar-refractivity contribution in [3.05, 3.63) is 21.4 Å². The summed E-state index contributed by atoms with van der Waals surface area (Å²) in [6.07, 6.45) is 5.20. The van der Waals surface area contributed by atoms with Crippen molar-refractivity contribution in [2.45, 2.75) is 52.1 Å². The highest BCUT2D eigenvalue weighted by molar-refractivity contribution is 7.14. The van der Waals surface area contributed by atoms with E-state index in [2.05, 4.69) is 17.1 Å². The van der Waals surface area contributed by atoms with E-state index in [-0.39, 0.29) is 0 Å². The van der Waals surface area contributed by atoms with Crippen LogP contribution in [0.2, 0.25) is 0 Å². The Kier molecular flexibility index (Phi) is 6.21. The Morgan fingerprint density at radius 1 is 1.52 bits per heavy atom. The smallest absolute Gasteiger partial charge is 0.345 e. The molecule has 1 aromatic heterocycles. The van der Waals surface area contributed by atoms with Crippen LogP contribution in [0.15, 0.2) is 6.07 Å². The molecule has 2 heterocycles. The zero-order valence-electron chi connectivity index (χ0n) is 13.0. The number of carbonyl (C=O) groups is 1. The SMILES string of the molecule is Cc1sc(C(=O)O)cc1CNCCCN1CCCCC1C. The van der Waals surface area contributed by atoms with Crippen LogP contribution >= 0.6 is 11.3 Å². The van der Waals surface area contributed by atoms with Crippen molar-refractivity contribution in [3.8, 4) is 0 Å². The summed E-state index contributed by atoms with van der Waals surface area (Å²) in [5, 5.41) is 12.4. The van der Waals surface area contributed by atoms with Crippen LogP contribution < -0.4 is 5.32 Å². The molecule has 5 heteroatoms.